The lowest BCUT2D eigenvalue weighted by atomic mass is 10.1. The van der Waals surface area contributed by atoms with Gasteiger partial charge in [-0.25, -0.2) is 9.40 Å². The summed E-state index contributed by atoms with van der Waals surface area (Å²) in [5.74, 6) is -0.245. The topological polar surface area (TPSA) is 55.0 Å². The summed E-state index contributed by atoms with van der Waals surface area (Å²) < 4.78 is 25.4. The van der Waals surface area contributed by atoms with Crippen LogP contribution in [0.2, 0.25) is 0 Å². The average molecular weight is 449 g/mol. The number of nitrogens with zero attached hydrogens (tertiary/aromatic N) is 2. The summed E-state index contributed by atoms with van der Waals surface area (Å²) in [6.45, 7) is -0.322. The van der Waals surface area contributed by atoms with Crippen LogP contribution in [0.5, 0.6) is 5.75 Å². The normalized spacial score (nSPS) is 16.4. The van der Waals surface area contributed by atoms with Gasteiger partial charge in [-0.15, -0.1) is 11.3 Å². The number of ether oxygens (including phenoxy) is 1. The summed E-state index contributed by atoms with van der Waals surface area (Å²) in [7, 11) is 0. The molecule has 0 spiro atoms. The molecule has 2 aromatic heterocycles. The van der Waals surface area contributed by atoms with E-state index in [0.29, 0.717) is 16.7 Å². The van der Waals surface area contributed by atoms with Gasteiger partial charge in [0.15, 0.2) is 18.2 Å². The first kappa shape index (κ1) is 17.9. The van der Waals surface area contributed by atoms with Gasteiger partial charge in [0.25, 0.3) is 5.91 Å². The number of benzene rings is 1. The van der Waals surface area contributed by atoms with Gasteiger partial charge in [-0.2, -0.15) is 5.10 Å². The van der Waals surface area contributed by atoms with E-state index in [-0.39, 0.29) is 24.3 Å². The zero-order chi connectivity index (χ0) is 18.8. The summed E-state index contributed by atoms with van der Waals surface area (Å²) >= 11 is 4.75. The van der Waals surface area contributed by atoms with Crippen LogP contribution in [0.25, 0.3) is 0 Å². The number of halogens is 2. The first-order valence-corrected chi connectivity index (χ1v) is 9.84. The Hall–Kier alpha value is -2.45. The molecule has 0 saturated heterocycles. The molecule has 3 heterocycles. The molecule has 1 aliphatic heterocycles. The zero-order valence-electron chi connectivity index (χ0n) is 14.0. The first-order valence-electron chi connectivity index (χ1n) is 8.16. The van der Waals surface area contributed by atoms with Gasteiger partial charge in [0.1, 0.15) is 11.8 Å². The molecule has 3 aromatic rings. The number of furan rings is 1. The number of hydrazone groups is 1. The fraction of sp³-hybridized carbons (Fsp3) is 0.158. The first-order chi connectivity index (χ1) is 13.1. The van der Waals surface area contributed by atoms with E-state index in [1.54, 1.807) is 29.7 Å². The number of carbonyl (C=O) groups is 1. The van der Waals surface area contributed by atoms with E-state index in [2.05, 4.69) is 21.0 Å². The van der Waals surface area contributed by atoms with Crippen molar-refractivity contribution in [3.8, 4) is 5.75 Å². The van der Waals surface area contributed by atoms with Crippen LogP contribution in [-0.2, 0) is 4.79 Å². The highest BCUT2D eigenvalue weighted by Crippen LogP contribution is 2.34. The van der Waals surface area contributed by atoms with Crippen molar-refractivity contribution in [3.05, 3.63) is 75.0 Å². The van der Waals surface area contributed by atoms with E-state index in [1.807, 2.05) is 23.6 Å². The molecule has 1 amide bonds. The maximum atomic E-state index is 13.9. The molecular formula is C19H14BrFN2O3S. The molecule has 0 fully saturated rings. The lowest BCUT2D eigenvalue weighted by Gasteiger charge is -2.20. The van der Waals surface area contributed by atoms with Crippen molar-refractivity contribution in [1.29, 1.82) is 0 Å². The Bertz CT molecular complexity index is 973. The van der Waals surface area contributed by atoms with E-state index in [9.17, 15) is 9.18 Å². The molecular weight excluding hydrogens is 435 g/mol. The molecule has 27 heavy (non-hydrogen) atoms. The summed E-state index contributed by atoms with van der Waals surface area (Å²) in [5.41, 5.74) is 0.814. The predicted octanol–water partition coefficient (Wildman–Crippen LogP) is 5.00. The summed E-state index contributed by atoms with van der Waals surface area (Å²) in [6.07, 6.45) is 2.11. The van der Waals surface area contributed by atoms with Crippen LogP contribution in [0.3, 0.4) is 0 Å². The largest absolute Gasteiger partial charge is 0.481 e. The molecule has 0 saturated carbocycles. The molecule has 1 unspecified atom stereocenters. The van der Waals surface area contributed by atoms with Crippen molar-refractivity contribution in [2.24, 2.45) is 5.10 Å². The number of rotatable bonds is 5. The average Bonchev–Trinajstić information content (AvgIpc) is 3.40. The van der Waals surface area contributed by atoms with Gasteiger partial charge in [0, 0.05) is 10.9 Å². The van der Waals surface area contributed by atoms with E-state index in [4.69, 9.17) is 9.15 Å². The van der Waals surface area contributed by atoms with Gasteiger partial charge < -0.3 is 9.15 Å². The standard InChI is InChI=1S/C19H14BrFN2O3S/c20-12-5-6-16(13(21)9-12)26-11-19(24)23-15(17-3-1-7-25-17)10-14(22-23)18-4-2-8-27-18/h1-9,15H,10-11H2. The summed E-state index contributed by atoms with van der Waals surface area (Å²) in [4.78, 5) is 13.7. The van der Waals surface area contributed by atoms with Crippen molar-refractivity contribution in [3.63, 3.8) is 0 Å². The van der Waals surface area contributed by atoms with E-state index < -0.39 is 5.82 Å². The Kier molecular flexibility index (Phi) is 5.09. The lowest BCUT2D eigenvalue weighted by Crippen LogP contribution is -2.31. The number of hydrogen-bond acceptors (Lipinski definition) is 5. The lowest BCUT2D eigenvalue weighted by molar-refractivity contribution is -0.135. The van der Waals surface area contributed by atoms with Gasteiger partial charge in [-0.1, -0.05) is 22.0 Å². The van der Waals surface area contributed by atoms with Crippen LogP contribution in [0.15, 0.2) is 68.1 Å². The molecule has 1 atom stereocenters. The molecule has 1 aromatic carbocycles. The minimum atomic E-state index is -0.538. The third-order valence-corrected chi connectivity index (χ3v) is 5.50. The molecule has 0 radical (unpaired) electrons. The van der Waals surface area contributed by atoms with E-state index in [1.165, 1.54) is 17.1 Å². The fourth-order valence-electron chi connectivity index (χ4n) is 2.83. The summed E-state index contributed by atoms with van der Waals surface area (Å²) in [6, 6.07) is 11.6. The quantitative estimate of drug-likeness (QED) is 0.551. The number of carbonyl (C=O) groups excluding carboxylic acids is 1. The van der Waals surface area contributed by atoms with Crippen LogP contribution in [0.4, 0.5) is 4.39 Å². The highest BCUT2D eigenvalue weighted by atomic mass is 79.9. The smallest absolute Gasteiger partial charge is 0.281 e. The van der Waals surface area contributed by atoms with E-state index in [0.717, 1.165) is 10.6 Å². The Morgan fingerprint density at radius 2 is 2.26 bits per heavy atom. The summed E-state index contributed by atoms with van der Waals surface area (Å²) in [5, 5.41) is 7.81. The SMILES string of the molecule is O=C(COc1ccc(Br)cc1F)N1N=C(c2cccs2)CC1c1ccco1. The molecule has 0 bridgehead atoms. The maximum absolute atomic E-state index is 13.9. The number of hydrogen-bond donors (Lipinski definition) is 0. The predicted molar refractivity (Wildman–Crippen MR) is 103 cm³/mol. The molecule has 4 rings (SSSR count). The van der Waals surface area contributed by atoms with E-state index >= 15 is 0 Å². The Labute approximate surface area is 167 Å². The fourth-order valence-corrected chi connectivity index (χ4v) is 3.89. The van der Waals surface area contributed by atoms with Crippen molar-refractivity contribution in [2.45, 2.75) is 12.5 Å². The molecule has 138 valence electrons. The Morgan fingerprint density at radius 3 is 2.96 bits per heavy atom. The second kappa shape index (κ2) is 7.66. The monoisotopic (exact) mass is 448 g/mol. The minimum Gasteiger partial charge on any atom is -0.481 e. The van der Waals surface area contributed by atoms with Gasteiger partial charge in [0.2, 0.25) is 0 Å². The van der Waals surface area contributed by atoms with Crippen molar-refractivity contribution in [1.82, 2.24) is 5.01 Å². The van der Waals surface area contributed by atoms with Crippen LogP contribution >= 0.6 is 27.3 Å². The van der Waals surface area contributed by atoms with Crippen molar-refractivity contribution in [2.75, 3.05) is 6.61 Å². The molecule has 8 heteroatoms. The number of thiophene rings is 1. The second-order valence-corrected chi connectivity index (χ2v) is 7.72. The number of amides is 1. The van der Waals surface area contributed by atoms with Crippen molar-refractivity contribution < 1.29 is 18.3 Å². The minimum absolute atomic E-state index is 0.0164. The third-order valence-electron chi connectivity index (χ3n) is 4.09. The van der Waals surface area contributed by atoms with Crippen molar-refractivity contribution >= 4 is 38.9 Å². The molecule has 5 nitrogen and oxygen atoms in total. The van der Waals surface area contributed by atoms with Crippen LogP contribution in [0, 0.1) is 5.82 Å². The van der Waals surface area contributed by atoms with Gasteiger partial charge in [-0.3, -0.25) is 4.79 Å². The Balaban J connectivity index is 1.53. The van der Waals surface area contributed by atoms with Gasteiger partial charge in [-0.05, 0) is 41.8 Å². The zero-order valence-corrected chi connectivity index (χ0v) is 16.4. The Morgan fingerprint density at radius 1 is 1.37 bits per heavy atom. The molecule has 0 aliphatic carbocycles. The van der Waals surface area contributed by atoms with Gasteiger partial charge >= 0.3 is 0 Å². The molecule has 1 aliphatic rings. The van der Waals surface area contributed by atoms with Crippen LogP contribution < -0.4 is 4.74 Å². The van der Waals surface area contributed by atoms with Crippen LogP contribution in [0.1, 0.15) is 23.1 Å². The molecule has 0 N–H and O–H groups in total. The van der Waals surface area contributed by atoms with Gasteiger partial charge in [0.05, 0.1) is 16.9 Å². The highest BCUT2D eigenvalue weighted by molar-refractivity contribution is 9.10. The third kappa shape index (κ3) is 3.81. The van der Waals surface area contributed by atoms with Crippen LogP contribution in [-0.4, -0.2) is 23.2 Å². The highest BCUT2D eigenvalue weighted by Gasteiger charge is 2.35. The maximum Gasteiger partial charge on any atom is 0.281 e. The second-order valence-electron chi connectivity index (χ2n) is 5.86.